The fourth-order valence-electron chi connectivity index (χ4n) is 3.56. The minimum Gasteiger partial charge on any atom is -0.462 e. The number of thiazole rings is 1. The molecule has 4 aromatic rings. The lowest BCUT2D eigenvalue weighted by molar-refractivity contribution is 0.0691. The van der Waals surface area contributed by atoms with Crippen molar-refractivity contribution in [1.29, 1.82) is 0 Å². The van der Waals surface area contributed by atoms with Crippen molar-refractivity contribution in [3.8, 4) is 10.8 Å². The van der Waals surface area contributed by atoms with Gasteiger partial charge in [-0.2, -0.15) is 0 Å². The largest absolute Gasteiger partial charge is 0.462 e. The lowest BCUT2D eigenvalue weighted by atomic mass is 9.93. The van der Waals surface area contributed by atoms with Crippen LogP contribution in [0.5, 0.6) is 0 Å². The molecule has 1 atom stereocenters. The summed E-state index contributed by atoms with van der Waals surface area (Å²) in [5.41, 5.74) is 2.84. The monoisotopic (exact) mass is 392 g/mol. The number of amides is 1. The fraction of sp³-hybridized carbons (Fsp3) is 0.143. The van der Waals surface area contributed by atoms with Crippen molar-refractivity contribution in [2.24, 2.45) is 0 Å². The van der Waals surface area contributed by atoms with Crippen molar-refractivity contribution in [2.75, 3.05) is 6.54 Å². The van der Waals surface area contributed by atoms with E-state index in [1.165, 1.54) is 21.8 Å². The standard InChI is InChI=1S/C21H16N2O2S2/c24-21(16-13-27-20(22-16)17-7-4-11-25-17)23-10-8-18-15(9-12-26-18)19(23)14-5-2-1-3-6-14/h1-7,9,11-13,19H,8,10H2/t19-/m1/s1. The third kappa shape index (κ3) is 2.91. The molecular weight excluding hydrogens is 376 g/mol. The van der Waals surface area contributed by atoms with Crippen LogP contribution in [0.15, 0.2) is 70.0 Å². The summed E-state index contributed by atoms with van der Waals surface area (Å²) < 4.78 is 5.41. The summed E-state index contributed by atoms with van der Waals surface area (Å²) in [5.74, 6) is 0.659. The third-order valence-electron chi connectivity index (χ3n) is 4.80. The van der Waals surface area contributed by atoms with E-state index in [1.807, 2.05) is 40.6 Å². The molecule has 1 amide bonds. The Morgan fingerprint density at radius 3 is 2.81 bits per heavy atom. The number of furan rings is 1. The van der Waals surface area contributed by atoms with Gasteiger partial charge in [0, 0.05) is 16.8 Å². The van der Waals surface area contributed by atoms with Crippen molar-refractivity contribution in [3.63, 3.8) is 0 Å². The zero-order valence-electron chi connectivity index (χ0n) is 14.4. The zero-order chi connectivity index (χ0) is 18.2. The molecule has 0 radical (unpaired) electrons. The molecule has 3 aromatic heterocycles. The Morgan fingerprint density at radius 1 is 1.11 bits per heavy atom. The summed E-state index contributed by atoms with van der Waals surface area (Å²) >= 11 is 3.21. The van der Waals surface area contributed by atoms with Crippen LogP contribution in [0.2, 0.25) is 0 Å². The molecule has 6 heteroatoms. The summed E-state index contributed by atoms with van der Waals surface area (Å²) in [6, 6.07) is 16.0. The molecule has 0 spiro atoms. The summed E-state index contributed by atoms with van der Waals surface area (Å²) in [7, 11) is 0. The van der Waals surface area contributed by atoms with Gasteiger partial charge in [0.15, 0.2) is 10.8 Å². The lowest BCUT2D eigenvalue weighted by Crippen LogP contribution is -2.40. The molecule has 1 aromatic carbocycles. The molecule has 0 N–H and O–H groups in total. The number of fused-ring (bicyclic) bond motifs is 1. The number of carbonyl (C=O) groups excluding carboxylic acids is 1. The molecule has 4 nitrogen and oxygen atoms in total. The number of rotatable bonds is 3. The van der Waals surface area contributed by atoms with Gasteiger partial charge in [-0.1, -0.05) is 30.3 Å². The fourth-order valence-corrected chi connectivity index (χ4v) is 5.23. The van der Waals surface area contributed by atoms with E-state index < -0.39 is 0 Å². The molecule has 0 aliphatic carbocycles. The molecule has 0 saturated heterocycles. The second-order valence-corrected chi connectivity index (χ2v) is 8.23. The average molecular weight is 393 g/mol. The minimum absolute atomic E-state index is 0.0326. The predicted octanol–water partition coefficient (Wildman–Crippen LogP) is 5.25. The van der Waals surface area contributed by atoms with Crippen molar-refractivity contribution in [3.05, 3.63) is 87.3 Å². The Kier molecular flexibility index (Phi) is 4.14. The normalized spacial score (nSPS) is 16.3. The van der Waals surface area contributed by atoms with Crippen LogP contribution in [0.25, 0.3) is 10.8 Å². The molecule has 4 heterocycles. The molecule has 0 saturated carbocycles. The number of benzene rings is 1. The molecule has 134 valence electrons. The van der Waals surface area contributed by atoms with Crippen LogP contribution in [-0.2, 0) is 6.42 Å². The highest BCUT2D eigenvalue weighted by atomic mass is 32.1. The van der Waals surface area contributed by atoms with Crippen LogP contribution in [-0.4, -0.2) is 22.3 Å². The zero-order valence-corrected chi connectivity index (χ0v) is 16.0. The molecule has 5 rings (SSSR count). The predicted molar refractivity (Wildman–Crippen MR) is 107 cm³/mol. The number of nitrogens with zero attached hydrogens (tertiary/aromatic N) is 2. The van der Waals surface area contributed by atoms with Crippen LogP contribution >= 0.6 is 22.7 Å². The van der Waals surface area contributed by atoms with Crippen molar-refractivity contribution >= 4 is 28.6 Å². The van der Waals surface area contributed by atoms with E-state index in [1.54, 1.807) is 17.6 Å². The van der Waals surface area contributed by atoms with Gasteiger partial charge in [-0.25, -0.2) is 4.98 Å². The number of thiophene rings is 1. The molecule has 0 bridgehead atoms. The average Bonchev–Trinajstić information content (AvgIpc) is 3.48. The van der Waals surface area contributed by atoms with Crippen LogP contribution < -0.4 is 0 Å². The first-order valence-electron chi connectivity index (χ1n) is 8.73. The van der Waals surface area contributed by atoms with E-state index in [0.717, 1.165) is 17.0 Å². The van der Waals surface area contributed by atoms with Crippen molar-refractivity contribution in [2.45, 2.75) is 12.5 Å². The second kappa shape index (κ2) is 6.79. The first-order chi connectivity index (χ1) is 13.3. The smallest absolute Gasteiger partial charge is 0.274 e. The van der Waals surface area contributed by atoms with E-state index >= 15 is 0 Å². The number of hydrogen-bond acceptors (Lipinski definition) is 5. The maximum atomic E-state index is 13.3. The van der Waals surface area contributed by atoms with Gasteiger partial charge < -0.3 is 9.32 Å². The highest BCUT2D eigenvalue weighted by Gasteiger charge is 2.34. The quantitative estimate of drug-likeness (QED) is 0.478. The third-order valence-corrected chi connectivity index (χ3v) is 6.65. The van der Waals surface area contributed by atoms with Gasteiger partial charge in [-0.05, 0) is 41.1 Å². The summed E-state index contributed by atoms with van der Waals surface area (Å²) in [4.78, 5) is 21.2. The van der Waals surface area contributed by atoms with Gasteiger partial charge in [0.2, 0.25) is 0 Å². The molecule has 0 unspecified atom stereocenters. The lowest BCUT2D eigenvalue weighted by Gasteiger charge is -2.36. The van der Waals surface area contributed by atoms with Gasteiger partial charge in [0.1, 0.15) is 5.69 Å². The summed E-state index contributed by atoms with van der Waals surface area (Å²) in [6.45, 7) is 0.694. The van der Waals surface area contributed by atoms with E-state index in [0.29, 0.717) is 18.0 Å². The first kappa shape index (κ1) is 16.5. The summed E-state index contributed by atoms with van der Waals surface area (Å²) in [6.07, 6.45) is 2.50. The van der Waals surface area contributed by atoms with Crippen molar-refractivity contribution < 1.29 is 9.21 Å². The van der Waals surface area contributed by atoms with Crippen LogP contribution in [0, 0.1) is 0 Å². The molecular formula is C21H16N2O2S2. The van der Waals surface area contributed by atoms with E-state index in [4.69, 9.17) is 4.42 Å². The SMILES string of the molecule is O=C(c1csc(-c2ccco2)n1)N1CCc2sccc2[C@H]1c1ccccc1. The number of hydrogen-bond donors (Lipinski definition) is 0. The number of carbonyl (C=O) groups is 1. The molecule has 1 aliphatic rings. The molecule has 27 heavy (non-hydrogen) atoms. The van der Waals surface area contributed by atoms with E-state index in [-0.39, 0.29) is 11.9 Å². The minimum atomic E-state index is -0.0672. The first-order valence-corrected chi connectivity index (χ1v) is 10.5. The maximum Gasteiger partial charge on any atom is 0.274 e. The summed E-state index contributed by atoms with van der Waals surface area (Å²) in [5, 5.41) is 4.67. The van der Waals surface area contributed by atoms with Gasteiger partial charge >= 0.3 is 0 Å². The van der Waals surface area contributed by atoms with E-state index in [9.17, 15) is 4.79 Å². The topological polar surface area (TPSA) is 46.3 Å². The van der Waals surface area contributed by atoms with Gasteiger partial charge in [0.25, 0.3) is 5.91 Å². The van der Waals surface area contributed by atoms with Crippen LogP contribution in [0.1, 0.15) is 32.5 Å². The second-order valence-electron chi connectivity index (χ2n) is 6.38. The maximum absolute atomic E-state index is 13.3. The van der Waals surface area contributed by atoms with Crippen LogP contribution in [0.3, 0.4) is 0 Å². The van der Waals surface area contributed by atoms with Crippen LogP contribution in [0.4, 0.5) is 0 Å². The number of aromatic nitrogens is 1. The van der Waals surface area contributed by atoms with E-state index in [2.05, 4.69) is 28.6 Å². The Hall–Kier alpha value is -2.70. The van der Waals surface area contributed by atoms with Gasteiger partial charge in [-0.15, -0.1) is 22.7 Å². The highest BCUT2D eigenvalue weighted by molar-refractivity contribution is 7.13. The van der Waals surface area contributed by atoms with Crippen molar-refractivity contribution in [1.82, 2.24) is 9.88 Å². The molecule has 1 aliphatic heterocycles. The Bertz CT molecular complexity index is 1070. The van der Waals surface area contributed by atoms with Gasteiger partial charge in [0.05, 0.1) is 12.3 Å². The van der Waals surface area contributed by atoms with Gasteiger partial charge in [-0.3, -0.25) is 4.79 Å². The Labute approximate surface area is 164 Å². The Balaban J connectivity index is 1.52. The molecule has 0 fully saturated rings. The Morgan fingerprint density at radius 2 is 2.00 bits per heavy atom. The highest BCUT2D eigenvalue weighted by Crippen LogP contribution is 2.38.